The van der Waals surface area contributed by atoms with Gasteiger partial charge in [0.15, 0.2) is 0 Å². The van der Waals surface area contributed by atoms with E-state index in [0.29, 0.717) is 11.5 Å². The molecule has 2 rings (SSSR count). The molecule has 1 aliphatic rings. The second kappa shape index (κ2) is 5.53. The zero-order valence-electron chi connectivity index (χ0n) is 9.67. The monoisotopic (exact) mass is 359 g/mol. The molecule has 1 aliphatic carbocycles. The van der Waals surface area contributed by atoms with Crippen molar-refractivity contribution in [2.45, 2.75) is 32.2 Å². The standard InChI is InChI=1S/C13H15Br2NO/c1-8(9-3-2-4-9)16-13(17)10-5-11(14)7-12(15)6-10/h5-9H,2-4H2,1H3,(H,16,17). The first-order chi connectivity index (χ1) is 8.06. The Hall–Kier alpha value is -0.350. The van der Waals surface area contributed by atoms with Gasteiger partial charge in [-0.2, -0.15) is 0 Å². The number of carbonyl (C=O) groups is 1. The van der Waals surface area contributed by atoms with Gasteiger partial charge in [-0.15, -0.1) is 0 Å². The van der Waals surface area contributed by atoms with Crippen LogP contribution in [0.3, 0.4) is 0 Å². The number of rotatable bonds is 3. The normalized spacial score (nSPS) is 17.4. The van der Waals surface area contributed by atoms with E-state index in [-0.39, 0.29) is 11.9 Å². The van der Waals surface area contributed by atoms with Crippen molar-refractivity contribution in [3.63, 3.8) is 0 Å². The van der Waals surface area contributed by atoms with E-state index >= 15 is 0 Å². The number of nitrogens with one attached hydrogen (secondary N) is 1. The summed E-state index contributed by atoms with van der Waals surface area (Å²) >= 11 is 6.78. The first-order valence-corrected chi connectivity index (χ1v) is 7.42. The maximum Gasteiger partial charge on any atom is 0.251 e. The topological polar surface area (TPSA) is 29.1 Å². The second-order valence-corrected chi connectivity index (χ2v) is 6.44. The Bertz CT molecular complexity index is 409. The molecule has 1 amide bonds. The summed E-state index contributed by atoms with van der Waals surface area (Å²) in [5.74, 6) is 0.668. The van der Waals surface area contributed by atoms with Crippen LogP contribution in [0.5, 0.6) is 0 Å². The van der Waals surface area contributed by atoms with Crippen LogP contribution in [-0.4, -0.2) is 11.9 Å². The zero-order chi connectivity index (χ0) is 12.4. The van der Waals surface area contributed by atoms with Gasteiger partial charge in [-0.25, -0.2) is 0 Å². The largest absolute Gasteiger partial charge is 0.349 e. The van der Waals surface area contributed by atoms with E-state index in [0.717, 1.165) is 8.95 Å². The van der Waals surface area contributed by atoms with Crippen LogP contribution in [0.4, 0.5) is 0 Å². The first kappa shape index (κ1) is 13.1. The molecule has 0 aromatic heterocycles. The Morgan fingerprint density at radius 3 is 2.35 bits per heavy atom. The van der Waals surface area contributed by atoms with Gasteiger partial charge >= 0.3 is 0 Å². The molecule has 0 radical (unpaired) electrons. The van der Waals surface area contributed by atoms with Crippen molar-refractivity contribution in [2.24, 2.45) is 5.92 Å². The van der Waals surface area contributed by atoms with Crippen LogP contribution in [0.1, 0.15) is 36.5 Å². The lowest BCUT2D eigenvalue weighted by Gasteiger charge is -2.31. The third-order valence-corrected chi connectivity index (χ3v) is 4.26. The number of hydrogen-bond acceptors (Lipinski definition) is 1. The molecule has 0 spiro atoms. The summed E-state index contributed by atoms with van der Waals surface area (Å²) in [4.78, 5) is 12.1. The number of benzene rings is 1. The minimum atomic E-state index is 0.00593. The van der Waals surface area contributed by atoms with Crippen molar-refractivity contribution in [2.75, 3.05) is 0 Å². The average molecular weight is 361 g/mol. The van der Waals surface area contributed by atoms with E-state index in [1.807, 2.05) is 18.2 Å². The smallest absolute Gasteiger partial charge is 0.251 e. The minimum absolute atomic E-state index is 0.00593. The first-order valence-electron chi connectivity index (χ1n) is 5.83. The van der Waals surface area contributed by atoms with Crippen LogP contribution in [0.25, 0.3) is 0 Å². The average Bonchev–Trinajstić information content (AvgIpc) is 2.12. The highest BCUT2D eigenvalue weighted by atomic mass is 79.9. The quantitative estimate of drug-likeness (QED) is 0.862. The van der Waals surface area contributed by atoms with Crippen molar-refractivity contribution in [3.8, 4) is 0 Å². The van der Waals surface area contributed by atoms with Gasteiger partial charge < -0.3 is 5.32 Å². The van der Waals surface area contributed by atoms with E-state index in [4.69, 9.17) is 0 Å². The van der Waals surface area contributed by atoms with Crippen molar-refractivity contribution >= 4 is 37.8 Å². The van der Waals surface area contributed by atoms with Gasteiger partial charge in [-0.1, -0.05) is 38.3 Å². The third-order valence-electron chi connectivity index (χ3n) is 3.34. The summed E-state index contributed by atoms with van der Waals surface area (Å²) in [5, 5.41) is 3.07. The molecule has 1 aromatic carbocycles. The van der Waals surface area contributed by atoms with Gasteiger partial charge in [0.2, 0.25) is 0 Å². The third kappa shape index (κ3) is 3.32. The molecule has 1 atom stereocenters. The predicted octanol–water partition coefficient (Wildman–Crippen LogP) is 4.13. The molecular formula is C13H15Br2NO. The Balaban J connectivity index is 2.03. The molecule has 1 aromatic rings. The number of hydrogen-bond donors (Lipinski definition) is 1. The Morgan fingerprint density at radius 2 is 1.88 bits per heavy atom. The summed E-state index contributed by atoms with van der Waals surface area (Å²) < 4.78 is 1.82. The van der Waals surface area contributed by atoms with Gasteiger partial charge in [0, 0.05) is 20.6 Å². The maximum absolute atomic E-state index is 12.1. The van der Waals surface area contributed by atoms with Crippen molar-refractivity contribution in [1.29, 1.82) is 0 Å². The molecule has 2 nitrogen and oxygen atoms in total. The minimum Gasteiger partial charge on any atom is -0.349 e. The summed E-state index contributed by atoms with van der Waals surface area (Å²) in [7, 11) is 0. The van der Waals surface area contributed by atoms with Crippen LogP contribution in [0.15, 0.2) is 27.1 Å². The molecule has 1 unspecified atom stereocenters. The molecule has 1 N–H and O–H groups in total. The molecule has 0 bridgehead atoms. The summed E-state index contributed by atoms with van der Waals surface area (Å²) in [5.41, 5.74) is 0.692. The number of amides is 1. The van der Waals surface area contributed by atoms with Crippen molar-refractivity contribution < 1.29 is 4.79 Å². The summed E-state index contributed by atoms with van der Waals surface area (Å²) in [6, 6.07) is 5.88. The van der Waals surface area contributed by atoms with Crippen molar-refractivity contribution in [3.05, 3.63) is 32.7 Å². The fraction of sp³-hybridized carbons (Fsp3) is 0.462. The van der Waals surface area contributed by atoms with Crippen LogP contribution in [0.2, 0.25) is 0 Å². The molecule has 1 saturated carbocycles. The van der Waals surface area contributed by atoms with E-state index in [2.05, 4.69) is 44.1 Å². The highest BCUT2D eigenvalue weighted by Crippen LogP contribution is 2.29. The fourth-order valence-corrected chi connectivity index (χ4v) is 3.33. The van der Waals surface area contributed by atoms with Crippen molar-refractivity contribution in [1.82, 2.24) is 5.32 Å². The van der Waals surface area contributed by atoms with E-state index in [1.54, 1.807) is 0 Å². The van der Waals surface area contributed by atoms with Gasteiger partial charge in [0.1, 0.15) is 0 Å². The lowest BCUT2D eigenvalue weighted by Crippen LogP contribution is -2.40. The molecule has 0 saturated heterocycles. The lowest BCUT2D eigenvalue weighted by atomic mass is 9.80. The molecule has 17 heavy (non-hydrogen) atoms. The van der Waals surface area contributed by atoms with Crippen LogP contribution < -0.4 is 5.32 Å². The van der Waals surface area contributed by atoms with E-state index < -0.39 is 0 Å². The zero-order valence-corrected chi connectivity index (χ0v) is 12.8. The molecule has 0 heterocycles. The SMILES string of the molecule is CC(NC(=O)c1cc(Br)cc(Br)c1)C1CCC1. The second-order valence-electron chi connectivity index (χ2n) is 4.61. The molecule has 1 fully saturated rings. The Morgan fingerprint density at radius 1 is 1.29 bits per heavy atom. The van der Waals surface area contributed by atoms with Gasteiger partial charge in [-0.3, -0.25) is 4.79 Å². The van der Waals surface area contributed by atoms with Crippen LogP contribution in [-0.2, 0) is 0 Å². The van der Waals surface area contributed by atoms with Crippen LogP contribution >= 0.6 is 31.9 Å². The van der Waals surface area contributed by atoms with E-state index in [9.17, 15) is 4.79 Å². The predicted molar refractivity (Wildman–Crippen MR) is 76.1 cm³/mol. The van der Waals surface area contributed by atoms with Gasteiger partial charge in [0.25, 0.3) is 5.91 Å². The Labute approximate surface area is 118 Å². The summed E-state index contributed by atoms with van der Waals surface area (Å²) in [6.07, 6.45) is 3.78. The molecule has 0 aliphatic heterocycles. The highest BCUT2D eigenvalue weighted by molar-refractivity contribution is 9.11. The number of halogens is 2. The molecular weight excluding hydrogens is 346 g/mol. The maximum atomic E-state index is 12.1. The fourth-order valence-electron chi connectivity index (χ4n) is 2.03. The van der Waals surface area contributed by atoms with Gasteiger partial charge in [0.05, 0.1) is 0 Å². The highest BCUT2D eigenvalue weighted by Gasteiger charge is 2.25. The lowest BCUT2D eigenvalue weighted by molar-refractivity contribution is 0.0909. The van der Waals surface area contributed by atoms with E-state index in [1.165, 1.54) is 19.3 Å². The van der Waals surface area contributed by atoms with Gasteiger partial charge in [-0.05, 0) is 43.9 Å². The molecule has 4 heteroatoms. The van der Waals surface area contributed by atoms with Crippen LogP contribution in [0, 0.1) is 5.92 Å². The molecule has 92 valence electrons. The summed E-state index contributed by atoms with van der Waals surface area (Å²) in [6.45, 7) is 2.09. The number of carbonyl (C=O) groups excluding carboxylic acids is 1. The Kier molecular flexibility index (Phi) is 4.26.